The molecule has 0 aromatic heterocycles. The van der Waals surface area contributed by atoms with Crippen LogP contribution in [0.2, 0.25) is 0 Å². The van der Waals surface area contributed by atoms with Crippen LogP contribution in [0.4, 0.5) is 0 Å². The summed E-state index contributed by atoms with van der Waals surface area (Å²) in [4.78, 5) is 13.8. The van der Waals surface area contributed by atoms with Gasteiger partial charge >= 0.3 is 5.97 Å². The number of hydrogen-bond acceptors (Lipinski definition) is 3. The lowest BCUT2D eigenvalue weighted by molar-refractivity contribution is -0.141. The number of carbonyl (C=O) groups is 1. The minimum Gasteiger partial charge on any atom is -0.465 e. The molecule has 1 aromatic carbocycles. The summed E-state index contributed by atoms with van der Waals surface area (Å²) in [5.74, 6) is 0.0165. The number of benzene rings is 1. The van der Waals surface area contributed by atoms with Crippen LogP contribution < -0.4 is 0 Å². The molecule has 1 heterocycles. The average molecular weight is 261 g/mol. The minimum absolute atomic E-state index is 0.0373. The van der Waals surface area contributed by atoms with E-state index in [-0.39, 0.29) is 11.9 Å². The van der Waals surface area contributed by atoms with Crippen LogP contribution in [0, 0.1) is 5.92 Å². The fourth-order valence-corrected chi connectivity index (χ4v) is 2.33. The maximum absolute atomic E-state index is 11.5. The van der Waals surface area contributed by atoms with Crippen LogP contribution in [0.3, 0.4) is 0 Å². The topological polar surface area (TPSA) is 29.5 Å². The molecule has 1 aromatic rings. The Balaban J connectivity index is 2.00. The predicted octanol–water partition coefficient (Wildman–Crippen LogP) is 2.63. The summed E-state index contributed by atoms with van der Waals surface area (Å²) in [6, 6.07) is 9.08. The van der Waals surface area contributed by atoms with Crippen molar-refractivity contribution in [1.29, 1.82) is 0 Å². The van der Waals surface area contributed by atoms with Gasteiger partial charge in [-0.2, -0.15) is 0 Å². The lowest BCUT2D eigenvalue weighted by Crippen LogP contribution is -2.25. The molecule has 3 nitrogen and oxygen atoms in total. The van der Waals surface area contributed by atoms with Crippen molar-refractivity contribution in [1.82, 2.24) is 4.90 Å². The number of ether oxygens (including phenoxy) is 1. The summed E-state index contributed by atoms with van der Waals surface area (Å²) < 4.78 is 5.02. The van der Waals surface area contributed by atoms with E-state index in [4.69, 9.17) is 4.74 Å². The highest BCUT2D eigenvalue weighted by atomic mass is 16.5. The molecule has 0 radical (unpaired) electrons. The molecule has 19 heavy (non-hydrogen) atoms. The van der Waals surface area contributed by atoms with Crippen LogP contribution >= 0.6 is 0 Å². The second-order valence-corrected chi connectivity index (χ2v) is 5.69. The van der Waals surface area contributed by atoms with Crippen LogP contribution in [-0.2, 0) is 22.5 Å². The van der Waals surface area contributed by atoms with Crippen molar-refractivity contribution in [3.63, 3.8) is 0 Å². The van der Waals surface area contributed by atoms with Gasteiger partial charge in [-0.15, -0.1) is 0 Å². The molecule has 0 bridgehead atoms. The van der Waals surface area contributed by atoms with Gasteiger partial charge in [-0.1, -0.05) is 24.3 Å². The molecule has 1 atom stereocenters. The van der Waals surface area contributed by atoms with Gasteiger partial charge < -0.3 is 4.74 Å². The van der Waals surface area contributed by atoms with Crippen molar-refractivity contribution in [2.24, 2.45) is 5.92 Å². The highest BCUT2D eigenvalue weighted by Gasteiger charge is 2.26. The van der Waals surface area contributed by atoms with Gasteiger partial charge in [0.25, 0.3) is 0 Å². The molecule has 0 amide bonds. The van der Waals surface area contributed by atoms with E-state index in [9.17, 15) is 4.79 Å². The van der Waals surface area contributed by atoms with Crippen LogP contribution in [0.25, 0.3) is 0 Å². The molecule has 0 saturated carbocycles. The monoisotopic (exact) mass is 261 g/mol. The number of cyclic esters (lactones) is 1. The molecule has 1 unspecified atom stereocenters. The lowest BCUT2D eigenvalue weighted by atomic mass is 9.97. The zero-order valence-electron chi connectivity index (χ0n) is 12.1. The molecule has 1 fully saturated rings. The van der Waals surface area contributed by atoms with Gasteiger partial charge in [-0.3, -0.25) is 9.69 Å². The van der Waals surface area contributed by atoms with Crippen molar-refractivity contribution in [3.05, 3.63) is 35.4 Å². The van der Waals surface area contributed by atoms with Crippen LogP contribution in [0.5, 0.6) is 0 Å². The van der Waals surface area contributed by atoms with E-state index in [1.54, 1.807) is 0 Å². The first-order valence-electron chi connectivity index (χ1n) is 7.01. The highest BCUT2D eigenvalue weighted by molar-refractivity contribution is 5.74. The zero-order chi connectivity index (χ0) is 13.8. The largest absolute Gasteiger partial charge is 0.465 e. The number of rotatable bonds is 5. The Bertz CT molecular complexity index is 442. The summed E-state index contributed by atoms with van der Waals surface area (Å²) in [7, 11) is 2.13. The standard InChI is InChI=1S/C16H23NO2/c1-12(2)17(3)11-14-6-4-5-13(9-14)10-15-7-8-19-16(15)18/h4-6,9,12,15H,7-8,10-11H2,1-3H3. The molecule has 2 rings (SSSR count). The second kappa shape index (κ2) is 6.20. The Morgan fingerprint density at radius 3 is 2.74 bits per heavy atom. The van der Waals surface area contributed by atoms with Crippen LogP contribution in [0.15, 0.2) is 24.3 Å². The minimum atomic E-state index is -0.0373. The van der Waals surface area contributed by atoms with Crippen molar-refractivity contribution in [2.75, 3.05) is 13.7 Å². The van der Waals surface area contributed by atoms with E-state index in [1.807, 2.05) is 0 Å². The van der Waals surface area contributed by atoms with Gasteiger partial charge in [-0.25, -0.2) is 0 Å². The molecule has 0 aliphatic carbocycles. The number of hydrogen-bond donors (Lipinski definition) is 0. The average Bonchev–Trinajstić information content (AvgIpc) is 2.75. The SMILES string of the molecule is CC(C)N(C)Cc1cccc(CC2CCOC2=O)c1. The first-order chi connectivity index (χ1) is 9.06. The van der Waals surface area contributed by atoms with Gasteiger partial charge in [0, 0.05) is 12.6 Å². The third-order valence-electron chi connectivity index (χ3n) is 3.83. The maximum Gasteiger partial charge on any atom is 0.309 e. The van der Waals surface area contributed by atoms with Crippen molar-refractivity contribution >= 4 is 5.97 Å². The molecule has 1 aliphatic heterocycles. The molecular weight excluding hydrogens is 238 g/mol. The van der Waals surface area contributed by atoms with Gasteiger partial charge in [0.05, 0.1) is 12.5 Å². The molecule has 1 aliphatic rings. The van der Waals surface area contributed by atoms with Crippen LogP contribution in [0.1, 0.15) is 31.4 Å². The summed E-state index contributed by atoms with van der Waals surface area (Å²) in [5.41, 5.74) is 2.54. The van der Waals surface area contributed by atoms with Gasteiger partial charge in [-0.05, 0) is 44.9 Å². The zero-order valence-corrected chi connectivity index (χ0v) is 12.1. The van der Waals surface area contributed by atoms with Gasteiger partial charge in [0.15, 0.2) is 0 Å². The normalized spacial score (nSPS) is 19.2. The van der Waals surface area contributed by atoms with E-state index in [0.29, 0.717) is 12.6 Å². The number of esters is 1. The molecular formula is C16H23NO2. The Hall–Kier alpha value is -1.35. The summed E-state index contributed by atoms with van der Waals surface area (Å²) >= 11 is 0. The second-order valence-electron chi connectivity index (χ2n) is 5.69. The highest BCUT2D eigenvalue weighted by Crippen LogP contribution is 2.20. The van der Waals surface area contributed by atoms with Crippen molar-refractivity contribution < 1.29 is 9.53 Å². The van der Waals surface area contributed by atoms with Gasteiger partial charge in [0.2, 0.25) is 0 Å². The van der Waals surface area contributed by atoms with E-state index < -0.39 is 0 Å². The molecule has 3 heteroatoms. The Labute approximate surface area is 115 Å². The van der Waals surface area contributed by atoms with Crippen molar-refractivity contribution in [3.8, 4) is 0 Å². The first kappa shape index (κ1) is 14.1. The van der Waals surface area contributed by atoms with E-state index in [1.165, 1.54) is 11.1 Å². The molecule has 1 saturated heterocycles. The third kappa shape index (κ3) is 3.80. The molecule has 0 spiro atoms. The Kier molecular flexibility index (Phi) is 4.59. The predicted molar refractivity (Wildman–Crippen MR) is 75.8 cm³/mol. The van der Waals surface area contributed by atoms with E-state index in [2.05, 4.69) is 50.1 Å². The summed E-state index contributed by atoms with van der Waals surface area (Å²) in [5, 5.41) is 0. The summed E-state index contributed by atoms with van der Waals surface area (Å²) in [6.45, 7) is 5.91. The quantitative estimate of drug-likeness (QED) is 0.763. The Morgan fingerprint density at radius 1 is 1.37 bits per heavy atom. The molecule has 0 N–H and O–H groups in total. The molecule has 104 valence electrons. The van der Waals surface area contributed by atoms with Gasteiger partial charge in [0.1, 0.15) is 0 Å². The third-order valence-corrected chi connectivity index (χ3v) is 3.83. The fraction of sp³-hybridized carbons (Fsp3) is 0.562. The maximum atomic E-state index is 11.5. The van der Waals surface area contributed by atoms with E-state index >= 15 is 0 Å². The first-order valence-corrected chi connectivity index (χ1v) is 7.01. The smallest absolute Gasteiger partial charge is 0.309 e. The fourth-order valence-electron chi connectivity index (χ4n) is 2.33. The Morgan fingerprint density at radius 2 is 2.11 bits per heavy atom. The summed E-state index contributed by atoms with van der Waals surface area (Å²) in [6.07, 6.45) is 1.66. The van der Waals surface area contributed by atoms with Crippen LogP contribution in [-0.4, -0.2) is 30.6 Å². The number of carbonyl (C=O) groups excluding carboxylic acids is 1. The lowest BCUT2D eigenvalue weighted by Gasteiger charge is -2.21. The van der Waals surface area contributed by atoms with E-state index in [0.717, 1.165) is 19.4 Å². The van der Waals surface area contributed by atoms with Crippen molar-refractivity contribution in [2.45, 2.75) is 39.3 Å². The number of nitrogens with zero attached hydrogens (tertiary/aromatic N) is 1.